The van der Waals surface area contributed by atoms with Crippen molar-refractivity contribution in [1.29, 1.82) is 0 Å². The Balaban J connectivity index is 1.75. The Hall–Kier alpha value is -0.610. The normalized spacial score (nSPS) is 26.3. The van der Waals surface area contributed by atoms with Crippen molar-refractivity contribution in [3.05, 3.63) is 0 Å². The van der Waals surface area contributed by atoms with Crippen molar-refractivity contribution in [3.63, 3.8) is 0 Å². The number of likely N-dealkylation sites (N-methyl/N-ethyl adjacent to an activating group) is 1. The zero-order chi connectivity index (χ0) is 13.5. The molecule has 0 aromatic heterocycles. The fourth-order valence-corrected chi connectivity index (χ4v) is 3.05. The molecule has 4 nitrogen and oxygen atoms in total. The zero-order valence-electron chi connectivity index (χ0n) is 12.2. The van der Waals surface area contributed by atoms with Gasteiger partial charge in [0.05, 0.1) is 6.61 Å². The first-order chi connectivity index (χ1) is 9.15. The third kappa shape index (κ3) is 2.95. The van der Waals surface area contributed by atoms with E-state index in [1.54, 1.807) is 0 Å². The van der Waals surface area contributed by atoms with E-state index in [9.17, 15) is 4.79 Å². The van der Waals surface area contributed by atoms with Crippen LogP contribution in [0, 0.1) is 5.92 Å². The summed E-state index contributed by atoms with van der Waals surface area (Å²) in [5.74, 6) is 0.463. The van der Waals surface area contributed by atoms with Crippen LogP contribution in [0.25, 0.3) is 0 Å². The minimum absolute atomic E-state index is 0.0168. The Morgan fingerprint density at radius 3 is 2.42 bits per heavy atom. The van der Waals surface area contributed by atoms with Crippen LogP contribution >= 0.6 is 0 Å². The monoisotopic (exact) mass is 266 g/mol. The highest BCUT2D eigenvalue weighted by Gasteiger charge is 2.55. The summed E-state index contributed by atoms with van der Waals surface area (Å²) >= 11 is 0. The fraction of sp³-hybridized carbons (Fsp3) is 0.933. The number of ether oxygens (including phenoxy) is 1. The molecule has 3 aliphatic carbocycles. The molecule has 3 saturated carbocycles. The molecule has 0 aromatic carbocycles. The maximum Gasteiger partial charge on any atom is 0.327 e. The first-order valence-corrected chi connectivity index (χ1v) is 7.81. The quantitative estimate of drug-likeness (QED) is 0.677. The van der Waals surface area contributed by atoms with E-state index < -0.39 is 5.54 Å². The lowest BCUT2D eigenvalue weighted by Crippen LogP contribution is -2.61. The summed E-state index contributed by atoms with van der Waals surface area (Å²) in [4.78, 5) is 14.9. The number of carbonyl (C=O) groups excluding carboxylic acids is 1. The molecule has 108 valence electrons. The molecule has 0 radical (unpaired) electrons. The average Bonchev–Trinajstić information content (AvgIpc) is 3.25. The van der Waals surface area contributed by atoms with Gasteiger partial charge in [0.25, 0.3) is 0 Å². The molecule has 3 fully saturated rings. The molecule has 0 heterocycles. The molecule has 3 rings (SSSR count). The van der Waals surface area contributed by atoms with E-state index in [-0.39, 0.29) is 5.97 Å². The second-order valence-corrected chi connectivity index (χ2v) is 6.53. The molecule has 0 aromatic rings. The van der Waals surface area contributed by atoms with Crippen LogP contribution in [0.3, 0.4) is 0 Å². The molecular formula is C15H26N2O2. The van der Waals surface area contributed by atoms with Gasteiger partial charge in [-0.25, -0.2) is 4.79 Å². The van der Waals surface area contributed by atoms with Gasteiger partial charge in [0.2, 0.25) is 0 Å². The van der Waals surface area contributed by atoms with Gasteiger partial charge in [0, 0.05) is 18.6 Å². The van der Waals surface area contributed by atoms with Crippen molar-refractivity contribution in [2.24, 2.45) is 5.92 Å². The molecule has 3 aliphatic rings. The van der Waals surface area contributed by atoms with Gasteiger partial charge < -0.3 is 9.64 Å². The minimum Gasteiger partial charge on any atom is -0.465 e. The highest BCUT2D eigenvalue weighted by atomic mass is 16.5. The van der Waals surface area contributed by atoms with Crippen LogP contribution < -0.4 is 5.32 Å². The van der Waals surface area contributed by atoms with Gasteiger partial charge in [0.15, 0.2) is 0 Å². The van der Waals surface area contributed by atoms with E-state index in [0.717, 1.165) is 19.4 Å². The molecule has 4 heteroatoms. The van der Waals surface area contributed by atoms with Crippen LogP contribution in [0.2, 0.25) is 0 Å². The molecule has 19 heavy (non-hydrogen) atoms. The largest absolute Gasteiger partial charge is 0.465 e. The van der Waals surface area contributed by atoms with Crippen LogP contribution in [0.4, 0.5) is 0 Å². The minimum atomic E-state index is -0.436. The predicted octanol–water partition coefficient (Wildman–Crippen LogP) is 1.54. The van der Waals surface area contributed by atoms with Gasteiger partial charge in [-0.3, -0.25) is 5.32 Å². The highest BCUT2D eigenvalue weighted by molar-refractivity contribution is 5.82. The highest BCUT2D eigenvalue weighted by Crippen LogP contribution is 2.43. The van der Waals surface area contributed by atoms with E-state index in [0.29, 0.717) is 24.6 Å². The topological polar surface area (TPSA) is 41.6 Å². The summed E-state index contributed by atoms with van der Waals surface area (Å²) in [5.41, 5.74) is -0.436. The van der Waals surface area contributed by atoms with E-state index in [1.807, 2.05) is 6.92 Å². The number of carbonyl (C=O) groups is 1. The van der Waals surface area contributed by atoms with Crippen LogP contribution in [0.1, 0.15) is 45.4 Å². The number of nitrogens with one attached hydrogen (secondary N) is 1. The SMILES string of the molecule is CCOC(=O)C(CN(C)C1CC1)(NC1CC1)C1CC1. The molecule has 0 amide bonds. The molecule has 1 unspecified atom stereocenters. The van der Waals surface area contributed by atoms with Crippen LogP contribution in [-0.4, -0.2) is 48.7 Å². The summed E-state index contributed by atoms with van der Waals surface area (Å²) in [7, 11) is 2.16. The molecular weight excluding hydrogens is 240 g/mol. The summed E-state index contributed by atoms with van der Waals surface area (Å²) in [5, 5.41) is 3.65. The number of hydrogen-bond acceptors (Lipinski definition) is 4. The number of rotatable bonds is 8. The van der Waals surface area contributed by atoms with Gasteiger partial charge >= 0.3 is 5.97 Å². The molecule has 1 atom stereocenters. The fourth-order valence-electron chi connectivity index (χ4n) is 3.05. The lowest BCUT2D eigenvalue weighted by atomic mass is 9.91. The van der Waals surface area contributed by atoms with E-state index >= 15 is 0 Å². The van der Waals surface area contributed by atoms with Crippen LogP contribution in [0.5, 0.6) is 0 Å². The Bertz CT molecular complexity index is 348. The third-order valence-electron chi connectivity index (χ3n) is 4.62. The third-order valence-corrected chi connectivity index (χ3v) is 4.62. The lowest BCUT2D eigenvalue weighted by molar-refractivity contribution is -0.153. The van der Waals surface area contributed by atoms with Crippen molar-refractivity contribution in [1.82, 2.24) is 10.2 Å². The smallest absolute Gasteiger partial charge is 0.327 e. The summed E-state index contributed by atoms with van der Waals surface area (Å²) < 4.78 is 5.41. The molecule has 0 spiro atoms. The maximum absolute atomic E-state index is 12.6. The van der Waals surface area contributed by atoms with Crippen molar-refractivity contribution in [3.8, 4) is 0 Å². The zero-order valence-corrected chi connectivity index (χ0v) is 12.2. The van der Waals surface area contributed by atoms with Gasteiger partial charge in [-0.15, -0.1) is 0 Å². The Morgan fingerprint density at radius 2 is 1.95 bits per heavy atom. The Kier molecular flexibility index (Phi) is 3.56. The molecule has 0 aliphatic heterocycles. The number of nitrogens with zero attached hydrogens (tertiary/aromatic N) is 1. The summed E-state index contributed by atoms with van der Waals surface area (Å²) in [6, 6.07) is 1.23. The number of esters is 1. The van der Waals surface area contributed by atoms with E-state index in [1.165, 1.54) is 25.7 Å². The van der Waals surface area contributed by atoms with Crippen molar-refractivity contribution < 1.29 is 9.53 Å². The number of hydrogen-bond donors (Lipinski definition) is 1. The molecule has 0 bridgehead atoms. The Labute approximate surface area is 115 Å². The van der Waals surface area contributed by atoms with Gasteiger partial charge in [-0.2, -0.15) is 0 Å². The second-order valence-electron chi connectivity index (χ2n) is 6.53. The van der Waals surface area contributed by atoms with Gasteiger partial charge in [0.1, 0.15) is 5.54 Å². The van der Waals surface area contributed by atoms with Gasteiger partial charge in [-0.05, 0) is 58.4 Å². The van der Waals surface area contributed by atoms with Crippen molar-refractivity contribution >= 4 is 5.97 Å². The summed E-state index contributed by atoms with van der Waals surface area (Å²) in [6.07, 6.45) is 7.31. The van der Waals surface area contributed by atoms with Crippen molar-refractivity contribution in [2.75, 3.05) is 20.2 Å². The average molecular weight is 266 g/mol. The second kappa shape index (κ2) is 5.06. The van der Waals surface area contributed by atoms with Crippen molar-refractivity contribution in [2.45, 2.75) is 63.1 Å². The molecule has 1 N–H and O–H groups in total. The maximum atomic E-state index is 12.6. The summed E-state index contributed by atoms with van der Waals surface area (Å²) in [6.45, 7) is 3.20. The standard InChI is InChI=1S/C15H26N2O2/c1-3-19-14(18)15(11-4-5-11,16-12-6-7-12)10-17(2)13-8-9-13/h11-13,16H,3-10H2,1-2H3. The lowest BCUT2D eigenvalue weighted by Gasteiger charge is -2.36. The predicted molar refractivity (Wildman–Crippen MR) is 73.9 cm³/mol. The molecule has 0 saturated heterocycles. The Morgan fingerprint density at radius 1 is 1.26 bits per heavy atom. The van der Waals surface area contributed by atoms with E-state index in [4.69, 9.17) is 4.74 Å². The van der Waals surface area contributed by atoms with Crippen LogP contribution in [-0.2, 0) is 9.53 Å². The van der Waals surface area contributed by atoms with Crippen LogP contribution in [0.15, 0.2) is 0 Å². The van der Waals surface area contributed by atoms with E-state index in [2.05, 4.69) is 17.3 Å². The van der Waals surface area contributed by atoms with Gasteiger partial charge in [-0.1, -0.05) is 0 Å². The first kappa shape index (κ1) is 13.4. The first-order valence-electron chi connectivity index (χ1n) is 7.81.